The van der Waals surface area contributed by atoms with E-state index in [0.717, 1.165) is 0 Å². The van der Waals surface area contributed by atoms with Crippen LogP contribution in [0.2, 0.25) is 0 Å². The Labute approximate surface area is 84.8 Å². The topological polar surface area (TPSA) is 61.4 Å². The summed E-state index contributed by atoms with van der Waals surface area (Å²) in [5, 5.41) is 5.23. The quantitative estimate of drug-likeness (QED) is 0.611. The van der Waals surface area contributed by atoms with Crippen LogP contribution in [0.3, 0.4) is 0 Å². The largest absolute Gasteiger partial charge is 0.358 e. The highest BCUT2D eigenvalue weighted by Crippen LogP contribution is 1.92. The molecule has 0 aromatic rings. The second kappa shape index (κ2) is 6.37. The Kier molecular flexibility index (Phi) is 5.87. The summed E-state index contributed by atoms with van der Waals surface area (Å²) in [5.41, 5.74) is 0. The number of rotatable bonds is 5. The second-order valence-electron chi connectivity index (χ2n) is 3.38. The van der Waals surface area contributed by atoms with Gasteiger partial charge in [-0.05, 0) is 13.8 Å². The van der Waals surface area contributed by atoms with Crippen molar-refractivity contribution in [1.82, 2.24) is 15.5 Å². The molecule has 0 aromatic carbocycles. The van der Waals surface area contributed by atoms with E-state index in [0.29, 0.717) is 0 Å². The van der Waals surface area contributed by atoms with Crippen molar-refractivity contribution >= 4 is 11.8 Å². The van der Waals surface area contributed by atoms with E-state index in [-0.39, 0.29) is 30.9 Å². The van der Waals surface area contributed by atoms with Gasteiger partial charge in [0.15, 0.2) is 0 Å². The zero-order valence-corrected chi connectivity index (χ0v) is 9.26. The van der Waals surface area contributed by atoms with Crippen LogP contribution in [0.25, 0.3) is 0 Å². The third-order valence-corrected chi connectivity index (χ3v) is 2.01. The minimum Gasteiger partial charge on any atom is -0.358 e. The Bertz CT molecular complexity index is 204. The van der Waals surface area contributed by atoms with Crippen LogP contribution in [0.5, 0.6) is 0 Å². The first-order chi connectivity index (χ1) is 6.49. The summed E-state index contributed by atoms with van der Waals surface area (Å²) in [7, 11) is 3.31. The van der Waals surface area contributed by atoms with Gasteiger partial charge in [0.2, 0.25) is 11.8 Å². The van der Waals surface area contributed by atoms with Crippen molar-refractivity contribution < 1.29 is 9.59 Å². The Balaban J connectivity index is 3.69. The molecule has 5 heteroatoms. The highest BCUT2D eigenvalue weighted by Gasteiger charge is 2.11. The molecule has 0 unspecified atom stereocenters. The molecule has 0 fully saturated rings. The van der Waals surface area contributed by atoms with E-state index >= 15 is 0 Å². The molecule has 0 saturated carbocycles. The van der Waals surface area contributed by atoms with E-state index in [9.17, 15) is 9.59 Å². The molecule has 0 rings (SSSR count). The zero-order chi connectivity index (χ0) is 11.1. The van der Waals surface area contributed by atoms with Crippen LogP contribution >= 0.6 is 0 Å². The van der Waals surface area contributed by atoms with E-state index in [1.165, 1.54) is 0 Å². The highest BCUT2D eigenvalue weighted by atomic mass is 16.2. The highest BCUT2D eigenvalue weighted by molar-refractivity contribution is 5.80. The first-order valence-corrected chi connectivity index (χ1v) is 4.66. The summed E-state index contributed by atoms with van der Waals surface area (Å²) in [5.74, 6) is -0.131. The average Bonchev–Trinajstić information content (AvgIpc) is 2.15. The fourth-order valence-corrected chi connectivity index (χ4v) is 0.784. The number of hydrogen-bond acceptors (Lipinski definition) is 3. The van der Waals surface area contributed by atoms with Gasteiger partial charge in [-0.3, -0.25) is 14.9 Å². The zero-order valence-electron chi connectivity index (χ0n) is 9.26. The molecule has 14 heavy (non-hydrogen) atoms. The van der Waals surface area contributed by atoms with Crippen molar-refractivity contribution in [2.45, 2.75) is 19.9 Å². The smallest absolute Gasteiger partial charge is 0.236 e. The number of hydrogen-bond donors (Lipinski definition) is 2. The molecule has 0 radical (unpaired) electrons. The third kappa shape index (κ3) is 4.81. The van der Waals surface area contributed by atoms with E-state index in [1.807, 2.05) is 13.8 Å². The third-order valence-electron chi connectivity index (χ3n) is 2.01. The summed E-state index contributed by atoms with van der Waals surface area (Å²) in [6.45, 7) is 4.25. The van der Waals surface area contributed by atoms with E-state index in [2.05, 4.69) is 10.6 Å². The second-order valence-corrected chi connectivity index (χ2v) is 3.38. The van der Waals surface area contributed by atoms with Gasteiger partial charge in [0.25, 0.3) is 0 Å². The minimum atomic E-state index is -0.120. The lowest BCUT2D eigenvalue weighted by Crippen LogP contribution is -2.42. The summed E-state index contributed by atoms with van der Waals surface area (Å²) in [6.07, 6.45) is 0. The summed E-state index contributed by atoms with van der Waals surface area (Å²) >= 11 is 0. The SMILES string of the molecule is CNC(=O)CNCC(=O)N(C)C(C)C. The normalized spacial score (nSPS) is 10.1. The van der Waals surface area contributed by atoms with Gasteiger partial charge in [-0.1, -0.05) is 0 Å². The number of amides is 2. The number of carbonyl (C=O) groups excluding carboxylic acids is 2. The number of nitrogens with one attached hydrogen (secondary N) is 2. The molecule has 0 aliphatic heterocycles. The van der Waals surface area contributed by atoms with E-state index in [4.69, 9.17) is 0 Å². The van der Waals surface area contributed by atoms with Crippen LogP contribution in [0.4, 0.5) is 0 Å². The number of likely N-dealkylation sites (N-methyl/N-ethyl adjacent to an activating group) is 2. The van der Waals surface area contributed by atoms with Gasteiger partial charge in [-0.15, -0.1) is 0 Å². The van der Waals surface area contributed by atoms with Gasteiger partial charge in [0.1, 0.15) is 0 Å². The average molecular weight is 201 g/mol. The van der Waals surface area contributed by atoms with Gasteiger partial charge < -0.3 is 10.2 Å². The first-order valence-electron chi connectivity index (χ1n) is 4.66. The maximum atomic E-state index is 11.4. The van der Waals surface area contributed by atoms with Crippen molar-refractivity contribution in [2.75, 3.05) is 27.2 Å². The van der Waals surface area contributed by atoms with Crippen molar-refractivity contribution in [3.63, 3.8) is 0 Å². The monoisotopic (exact) mass is 201 g/mol. The van der Waals surface area contributed by atoms with Crippen LogP contribution < -0.4 is 10.6 Å². The summed E-state index contributed by atoms with van der Waals surface area (Å²) < 4.78 is 0. The lowest BCUT2D eigenvalue weighted by atomic mass is 10.3. The number of carbonyl (C=O) groups is 2. The molecule has 0 heterocycles. The van der Waals surface area contributed by atoms with E-state index in [1.54, 1.807) is 19.0 Å². The summed E-state index contributed by atoms with van der Waals surface area (Å²) in [6, 6.07) is 0.185. The number of nitrogens with zero attached hydrogens (tertiary/aromatic N) is 1. The van der Waals surface area contributed by atoms with Crippen LogP contribution in [0, 0.1) is 0 Å². The molecule has 2 N–H and O–H groups in total. The molecular formula is C9H19N3O2. The van der Waals surface area contributed by atoms with Crippen LogP contribution in [0.15, 0.2) is 0 Å². The van der Waals surface area contributed by atoms with Crippen molar-refractivity contribution in [3.8, 4) is 0 Å². The van der Waals surface area contributed by atoms with Crippen LogP contribution in [0.1, 0.15) is 13.8 Å². The standard InChI is InChI=1S/C9H19N3O2/c1-7(2)12(4)9(14)6-11-5-8(13)10-3/h7,11H,5-6H2,1-4H3,(H,10,13). The lowest BCUT2D eigenvalue weighted by Gasteiger charge is -2.21. The van der Waals surface area contributed by atoms with E-state index < -0.39 is 0 Å². The molecule has 5 nitrogen and oxygen atoms in total. The fraction of sp³-hybridized carbons (Fsp3) is 0.778. The Morgan fingerprint density at radius 1 is 1.29 bits per heavy atom. The molecular weight excluding hydrogens is 182 g/mol. The molecule has 0 aromatic heterocycles. The molecule has 82 valence electrons. The van der Waals surface area contributed by atoms with Gasteiger partial charge in [-0.2, -0.15) is 0 Å². The molecule has 0 saturated heterocycles. The Morgan fingerprint density at radius 2 is 1.86 bits per heavy atom. The maximum Gasteiger partial charge on any atom is 0.236 e. The molecule has 0 spiro atoms. The van der Waals surface area contributed by atoms with Gasteiger partial charge >= 0.3 is 0 Å². The van der Waals surface area contributed by atoms with Crippen molar-refractivity contribution in [2.24, 2.45) is 0 Å². The lowest BCUT2D eigenvalue weighted by molar-refractivity contribution is -0.130. The minimum absolute atomic E-state index is 0.0103. The fourth-order valence-electron chi connectivity index (χ4n) is 0.784. The predicted octanol–water partition coefficient (Wildman–Crippen LogP) is -0.811. The Morgan fingerprint density at radius 3 is 2.29 bits per heavy atom. The molecule has 0 aliphatic rings. The van der Waals surface area contributed by atoms with Gasteiger partial charge in [0.05, 0.1) is 13.1 Å². The van der Waals surface area contributed by atoms with Crippen LogP contribution in [-0.2, 0) is 9.59 Å². The summed E-state index contributed by atoms with van der Waals surface area (Å²) in [4.78, 5) is 23.8. The molecule has 2 amide bonds. The first kappa shape index (κ1) is 12.9. The van der Waals surface area contributed by atoms with Gasteiger partial charge in [0, 0.05) is 20.1 Å². The Hall–Kier alpha value is -1.10. The maximum absolute atomic E-state index is 11.4. The van der Waals surface area contributed by atoms with Crippen molar-refractivity contribution in [1.29, 1.82) is 0 Å². The predicted molar refractivity (Wildman–Crippen MR) is 54.8 cm³/mol. The molecule has 0 atom stereocenters. The molecule has 0 bridgehead atoms. The van der Waals surface area contributed by atoms with Gasteiger partial charge in [-0.25, -0.2) is 0 Å². The molecule has 0 aliphatic carbocycles. The van der Waals surface area contributed by atoms with Crippen molar-refractivity contribution in [3.05, 3.63) is 0 Å². The van der Waals surface area contributed by atoms with Crippen LogP contribution in [-0.4, -0.2) is 49.9 Å².